The van der Waals surface area contributed by atoms with E-state index in [1.165, 1.54) is 20.9 Å². The first-order chi connectivity index (χ1) is 3.31. The summed E-state index contributed by atoms with van der Waals surface area (Å²) in [7, 11) is 1.18. The van der Waals surface area contributed by atoms with Crippen LogP contribution in [-0.2, 0) is 4.74 Å². The smallest absolute Gasteiger partial charge is 0.0960 e. The van der Waals surface area contributed by atoms with Crippen LogP contribution in [0.5, 0.6) is 0 Å². The van der Waals surface area contributed by atoms with Crippen LogP contribution in [0.1, 0.15) is 6.92 Å². The molecule has 2 heterocycles. The molecule has 2 fully saturated rings. The molecule has 0 bridgehead atoms. The molecule has 0 aromatic heterocycles. The molecule has 3 atom stereocenters. The molecule has 2 aliphatic heterocycles. The summed E-state index contributed by atoms with van der Waals surface area (Å²) in [4.78, 5) is 0. The summed E-state index contributed by atoms with van der Waals surface area (Å²) in [5, 5.41) is 0. The lowest BCUT2D eigenvalue weighted by Crippen LogP contribution is -2.05. The molecule has 2 rings (SSSR count). The molecule has 0 aromatic rings. The van der Waals surface area contributed by atoms with Crippen LogP contribution < -0.4 is 0 Å². The van der Waals surface area contributed by atoms with Gasteiger partial charge in [-0.2, -0.15) is 0 Å². The normalized spacial score (nSPS) is 60.4. The predicted molar refractivity (Wildman–Crippen MR) is 31.3 cm³/mol. The van der Waals surface area contributed by atoms with Gasteiger partial charge in [0.05, 0.1) is 11.7 Å². The second-order valence-corrected chi connectivity index (χ2v) is 3.81. The monoisotopic (exact) mass is 116 g/mol. The number of fused-ring (bicyclic) bond motifs is 1. The van der Waals surface area contributed by atoms with Crippen molar-refractivity contribution >= 4 is 8.58 Å². The van der Waals surface area contributed by atoms with E-state index in [0.29, 0.717) is 11.7 Å². The molecule has 0 spiro atoms. The standard InChI is InChI=1S/C5H9OP/c1-5-3-7-2-4(5)6-5/h4,7H,2-3H2,1H3. The zero-order valence-corrected chi connectivity index (χ0v) is 5.40. The van der Waals surface area contributed by atoms with Gasteiger partial charge in [-0.05, 0) is 19.2 Å². The van der Waals surface area contributed by atoms with Gasteiger partial charge in [-0.3, -0.25) is 0 Å². The fourth-order valence-corrected chi connectivity index (χ4v) is 2.88. The average molecular weight is 116 g/mol. The van der Waals surface area contributed by atoms with Crippen molar-refractivity contribution in [3.05, 3.63) is 0 Å². The number of hydrogen-bond donors (Lipinski definition) is 0. The zero-order chi connectivity index (χ0) is 4.91. The van der Waals surface area contributed by atoms with Crippen LogP contribution >= 0.6 is 8.58 Å². The van der Waals surface area contributed by atoms with Crippen LogP contribution in [0.4, 0.5) is 0 Å². The van der Waals surface area contributed by atoms with Crippen molar-refractivity contribution in [2.24, 2.45) is 0 Å². The Morgan fingerprint density at radius 2 is 2.71 bits per heavy atom. The Balaban J connectivity index is 2.17. The molecule has 0 aliphatic carbocycles. The molecular formula is C5H9OP. The highest BCUT2D eigenvalue weighted by Gasteiger charge is 2.55. The lowest BCUT2D eigenvalue weighted by Gasteiger charge is -1.93. The Labute approximate surface area is 45.2 Å². The highest BCUT2D eigenvalue weighted by molar-refractivity contribution is 7.38. The van der Waals surface area contributed by atoms with Crippen molar-refractivity contribution in [1.82, 2.24) is 0 Å². The molecule has 0 N–H and O–H groups in total. The molecule has 0 amide bonds. The van der Waals surface area contributed by atoms with E-state index in [2.05, 4.69) is 6.92 Å². The summed E-state index contributed by atoms with van der Waals surface area (Å²) in [5.74, 6) is 0. The van der Waals surface area contributed by atoms with Crippen molar-refractivity contribution < 1.29 is 4.74 Å². The van der Waals surface area contributed by atoms with Crippen molar-refractivity contribution in [3.8, 4) is 0 Å². The average Bonchev–Trinajstić information content (AvgIpc) is 2.09. The van der Waals surface area contributed by atoms with Crippen LogP contribution in [0.3, 0.4) is 0 Å². The summed E-state index contributed by atoms with van der Waals surface area (Å²) in [6.07, 6.45) is 3.35. The number of hydrogen-bond acceptors (Lipinski definition) is 1. The quantitative estimate of drug-likeness (QED) is 0.337. The van der Waals surface area contributed by atoms with E-state index in [1.807, 2.05) is 0 Å². The van der Waals surface area contributed by atoms with Crippen LogP contribution in [-0.4, -0.2) is 24.0 Å². The van der Waals surface area contributed by atoms with E-state index in [4.69, 9.17) is 4.74 Å². The van der Waals surface area contributed by atoms with E-state index in [1.54, 1.807) is 0 Å². The van der Waals surface area contributed by atoms with Gasteiger partial charge in [0.1, 0.15) is 0 Å². The molecular weight excluding hydrogens is 107 g/mol. The van der Waals surface area contributed by atoms with Gasteiger partial charge >= 0.3 is 0 Å². The van der Waals surface area contributed by atoms with Crippen molar-refractivity contribution in [2.45, 2.75) is 18.6 Å². The van der Waals surface area contributed by atoms with Gasteiger partial charge in [0.2, 0.25) is 0 Å². The van der Waals surface area contributed by atoms with Crippen LogP contribution in [0, 0.1) is 0 Å². The number of epoxide rings is 1. The first-order valence-electron chi connectivity index (χ1n) is 2.70. The molecule has 7 heavy (non-hydrogen) atoms. The molecule has 3 unspecified atom stereocenters. The fraction of sp³-hybridized carbons (Fsp3) is 1.00. The van der Waals surface area contributed by atoms with Gasteiger partial charge < -0.3 is 4.74 Å². The highest BCUT2D eigenvalue weighted by atomic mass is 31.1. The van der Waals surface area contributed by atoms with Gasteiger partial charge in [-0.1, -0.05) is 0 Å². The van der Waals surface area contributed by atoms with Crippen molar-refractivity contribution in [1.29, 1.82) is 0 Å². The molecule has 2 aliphatic rings. The maximum Gasteiger partial charge on any atom is 0.0960 e. The minimum atomic E-state index is 0.373. The minimum absolute atomic E-state index is 0.373. The van der Waals surface area contributed by atoms with E-state index in [9.17, 15) is 0 Å². The Hall–Kier alpha value is 0.390. The summed E-state index contributed by atoms with van der Waals surface area (Å²) in [5.41, 5.74) is 0.373. The maximum absolute atomic E-state index is 5.35. The number of rotatable bonds is 0. The topological polar surface area (TPSA) is 12.5 Å². The molecule has 0 saturated carbocycles. The van der Waals surface area contributed by atoms with Crippen LogP contribution in [0.15, 0.2) is 0 Å². The SMILES string of the molecule is CC12CPCC1O2. The molecule has 0 radical (unpaired) electrons. The van der Waals surface area contributed by atoms with E-state index in [0.717, 1.165) is 0 Å². The molecule has 2 saturated heterocycles. The first-order valence-corrected chi connectivity index (χ1v) is 4.11. The Kier molecular flexibility index (Phi) is 0.634. The third-order valence-corrected chi connectivity index (χ3v) is 3.45. The maximum atomic E-state index is 5.35. The largest absolute Gasteiger partial charge is 0.366 e. The van der Waals surface area contributed by atoms with Gasteiger partial charge in [-0.25, -0.2) is 0 Å². The van der Waals surface area contributed by atoms with Crippen LogP contribution in [0.2, 0.25) is 0 Å². The Morgan fingerprint density at radius 1 is 1.86 bits per heavy atom. The Morgan fingerprint density at radius 3 is 2.86 bits per heavy atom. The third-order valence-electron chi connectivity index (χ3n) is 1.84. The lowest BCUT2D eigenvalue weighted by atomic mass is 10.2. The zero-order valence-electron chi connectivity index (χ0n) is 4.40. The van der Waals surface area contributed by atoms with Crippen molar-refractivity contribution in [3.63, 3.8) is 0 Å². The fourth-order valence-electron chi connectivity index (χ4n) is 1.16. The van der Waals surface area contributed by atoms with Gasteiger partial charge in [0, 0.05) is 0 Å². The number of ether oxygens (including phenoxy) is 1. The molecule has 1 nitrogen and oxygen atoms in total. The predicted octanol–water partition coefficient (Wildman–Crippen LogP) is 0.836. The second kappa shape index (κ2) is 1.04. The van der Waals surface area contributed by atoms with Gasteiger partial charge in [0.15, 0.2) is 0 Å². The van der Waals surface area contributed by atoms with Gasteiger partial charge in [0.25, 0.3) is 0 Å². The van der Waals surface area contributed by atoms with E-state index >= 15 is 0 Å². The summed E-state index contributed by atoms with van der Waals surface area (Å²) >= 11 is 0. The second-order valence-electron chi connectivity index (χ2n) is 2.55. The summed E-state index contributed by atoms with van der Waals surface area (Å²) in [6.45, 7) is 2.22. The molecule has 2 heteroatoms. The summed E-state index contributed by atoms with van der Waals surface area (Å²) in [6, 6.07) is 0. The molecule has 40 valence electrons. The minimum Gasteiger partial charge on any atom is -0.366 e. The highest BCUT2D eigenvalue weighted by Crippen LogP contribution is 2.49. The lowest BCUT2D eigenvalue weighted by molar-refractivity contribution is 0.327. The van der Waals surface area contributed by atoms with Gasteiger partial charge in [-0.15, -0.1) is 8.58 Å². The van der Waals surface area contributed by atoms with E-state index < -0.39 is 0 Å². The molecule has 0 aromatic carbocycles. The third kappa shape index (κ3) is 0.458. The Bertz CT molecular complexity index is 102. The van der Waals surface area contributed by atoms with Crippen LogP contribution in [0.25, 0.3) is 0 Å². The first kappa shape index (κ1) is 4.29. The van der Waals surface area contributed by atoms with Crippen molar-refractivity contribution in [2.75, 3.05) is 12.3 Å². The summed E-state index contributed by atoms with van der Waals surface area (Å²) < 4.78 is 5.35. The van der Waals surface area contributed by atoms with E-state index in [-0.39, 0.29) is 0 Å².